The van der Waals surface area contributed by atoms with E-state index in [4.69, 9.17) is 36.7 Å². The summed E-state index contributed by atoms with van der Waals surface area (Å²) in [5.74, 6) is -3.56. The van der Waals surface area contributed by atoms with Crippen molar-refractivity contribution >= 4 is 29.6 Å². The Morgan fingerprint density at radius 1 is 1.47 bits per heavy atom. The fourth-order valence-electron chi connectivity index (χ4n) is 2.26. The van der Waals surface area contributed by atoms with Crippen LogP contribution in [0.25, 0.3) is 6.08 Å². The van der Waals surface area contributed by atoms with Crippen LogP contribution in [0.5, 0.6) is 0 Å². The maximum atomic E-state index is 12.0. The fraction of sp³-hybridized carbons (Fsp3) is 0.500. The minimum Gasteiger partial charge on any atom is -0.542 e. The molecule has 0 amide bonds. The van der Waals surface area contributed by atoms with Gasteiger partial charge in [-0.25, -0.2) is 4.79 Å². The Morgan fingerprint density at radius 3 is 2.57 bits per heavy atom. The van der Waals surface area contributed by atoms with Crippen LogP contribution in [-0.2, 0) is 19.1 Å². The van der Waals surface area contributed by atoms with Crippen LogP contribution in [0, 0.1) is 0 Å². The van der Waals surface area contributed by atoms with Crippen molar-refractivity contribution < 1.29 is 37.3 Å². The summed E-state index contributed by atoms with van der Waals surface area (Å²) in [5, 5.41) is 8.35. The van der Waals surface area contributed by atoms with Crippen molar-refractivity contribution in [2.24, 2.45) is 5.73 Å². The van der Waals surface area contributed by atoms with Gasteiger partial charge in [0.15, 0.2) is 0 Å². The average Bonchev–Trinajstić information content (AvgIpc) is 3.02. The second kappa shape index (κ2) is 10.9. The van der Waals surface area contributed by atoms with E-state index in [0.717, 1.165) is 0 Å². The van der Waals surface area contributed by atoms with Crippen molar-refractivity contribution in [1.82, 2.24) is 9.55 Å². The monoisotopic (exact) mass is 456 g/mol. The second-order valence-corrected chi connectivity index (χ2v) is 6.36. The third-order valence-electron chi connectivity index (χ3n) is 3.62. The number of carboxylic acids is 1. The van der Waals surface area contributed by atoms with Crippen molar-refractivity contribution in [3.63, 3.8) is 0 Å². The molecule has 1 aromatic heterocycles. The number of nitrogens with one attached hydrogen (secondary N) is 1. The van der Waals surface area contributed by atoms with E-state index in [1.165, 1.54) is 10.8 Å². The lowest BCUT2D eigenvalue weighted by Crippen LogP contribution is -2.37. The molecule has 30 heavy (non-hydrogen) atoms. The first-order valence-corrected chi connectivity index (χ1v) is 8.75. The van der Waals surface area contributed by atoms with Crippen LogP contribution in [0.4, 0.5) is 13.2 Å². The molecule has 0 aliphatic carbocycles. The van der Waals surface area contributed by atoms with Crippen LogP contribution in [0.2, 0.25) is 0 Å². The number of aromatic nitrogens is 2. The number of ether oxygens (including phenoxy) is 2. The highest BCUT2D eigenvalue weighted by molar-refractivity contribution is 6.21. The lowest BCUT2D eigenvalue weighted by molar-refractivity contribution is -0.344. The quantitative estimate of drug-likeness (QED) is 0.433. The molecule has 0 aromatic carbocycles. The maximum Gasteiger partial charge on any atom is 0.430 e. The smallest absolute Gasteiger partial charge is 0.430 e. The number of nitrogens with zero attached hydrogens (tertiary/aromatic N) is 1. The topological polar surface area (TPSA) is 157 Å². The number of carboxylic acid groups (broad SMARTS) is 1. The Hall–Kier alpha value is -2.64. The lowest BCUT2D eigenvalue weighted by Gasteiger charge is -2.16. The van der Waals surface area contributed by atoms with E-state index in [0.29, 0.717) is 12.0 Å². The highest BCUT2D eigenvalue weighted by atomic mass is 35.5. The molecule has 1 saturated heterocycles. The number of hydrogen-bond donors (Lipinski definition) is 2. The van der Waals surface area contributed by atoms with Gasteiger partial charge in [-0.2, -0.15) is 13.2 Å². The van der Waals surface area contributed by atoms with Crippen molar-refractivity contribution in [3.8, 4) is 0 Å². The van der Waals surface area contributed by atoms with Gasteiger partial charge in [0, 0.05) is 12.6 Å². The molecule has 10 nitrogen and oxygen atoms in total. The molecular formula is C16H18ClF3N3O7-. The number of aliphatic carboxylic acids is 1. The number of esters is 1. The number of hydrogen-bond acceptors (Lipinski definition) is 8. The molecule has 1 fully saturated rings. The van der Waals surface area contributed by atoms with Gasteiger partial charge in [0.25, 0.3) is 5.56 Å². The van der Waals surface area contributed by atoms with Gasteiger partial charge < -0.3 is 25.1 Å². The molecule has 0 radical (unpaired) electrons. The lowest BCUT2D eigenvalue weighted by atomic mass is 10.2. The molecule has 168 valence electrons. The molecule has 1 aromatic rings. The van der Waals surface area contributed by atoms with Gasteiger partial charge in [-0.3, -0.25) is 19.1 Å². The molecule has 3 atom stereocenters. The molecule has 2 rings (SSSR count). The molecule has 3 unspecified atom stereocenters. The maximum absolute atomic E-state index is 12.0. The summed E-state index contributed by atoms with van der Waals surface area (Å²) in [6.45, 7) is 1.49. The van der Waals surface area contributed by atoms with Gasteiger partial charge in [0.2, 0.25) is 0 Å². The largest absolute Gasteiger partial charge is 0.542 e. The van der Waals surface area contributed by atoms with Gasteiger partial charge in [0.05, 0.1) is 17.5 Å². The summed E-state index contributed by atoms with van der Waals surface area (Å²) in [6, 6.07) is 0. The van der Waals surface area contributed by atoms with Crippen molar-refractivity contribution in [2.75, 3.05) is 13.2 Å². The normalized spacial score (nSPS) is 21.2. The van der Waals surface area contributed by atoms with E-state index >= 15 is 0 Å². The van der Waals surface area contributed by atoms with E-state index in [1.54, 1.807) is 19.1 Å². The number of carbonyl (C=O) groups excluding carboxylic acids is 2. The molecule has 2 heterocycles. The van der Waals surface area contributed by atoms with Crippen LogP contribution in [0.15, 0.2) is 21.9 Å². The Bertz CT molecular complexity index is 897. The average molecular weight is 457 g/mol. The summed E-state index contributed by atoms with van der Waals surface area (Å²) in [6.07, 6.45) is -1.36. The minimum atomic E-state index is -5.19. The van der Waals surface area contributed by atoms with Crippen LogP contribution in [0.3, 0.4) is 0 Å². The predicted molar refractivity (Wildman–Crippen MR) is 95.3 cm³/mol. The Balaban J connectivity index is 0.000000553. The minimum absolute atomic E-state index is 0.0411. The number of carbonyl (C=O) groups is 2. The molecule has 3 N–H and O–H groups in total. The van der Waals surface area contributed by atoms with Gasteiger partial charge in [-0.05, 0) is 6.92 Å². The van der Waals surface area contributed by atoms with Crippen molar-refractivity contribution in [1.29, 1.82) is 0 Å². The summed E-state index contributed by atoms with van der Waals surface area (Å²) >= 11 is 6.19. The Morgan fingerprint density at radius 2 is 2.07 bits per heavy atom. The van der Waals surface area contributed by atoms with Gasteiger partial charge in [-0.1, -0.05) is 12.2 Å². The zero-order valence-electron chi connectivity index (χ0n) is 15.5. The van der Waals surface area contributed by atoms with E-state index < -0.39 is 47.1 Å². The first-order valence-electron chi connectivity index (χ1n) is 8.32. The fourth-order valence-corrected chi connectivity index (χ4v) is 2.54. The van der Waals surface area contributed by atoms with Crippen LogP contribution >= 0.6 is 11.6 Å². The first kappa shape index (κ1) is 25.4. The van der Waals surface area contributed by atoms with E-state index in [-0.39, 0.29) is 13.2 Å². The van der Waals surface area contributed by atoms with Crippen LogP contribution in [-0.4, -0.2) is 52.3 Å². The molecule has 0 saturated carbocycles. The molecule has 14 heteroatoms. The molecule has 0 spiro atoms. The molecule has 1 aliphatic heterocycles. The number of nitrogens with two attached hydrogens (primary N) is 1. The van der Waals surface area contributed by atoms with Crippen molar-refractivity contribution in [2.45, 2.75) is 37.2 Å². The van der Waals surface area contributed by atoms with Crippen molar-refractivity contribution in [3.05, 3.63) is 38.7 Å². The molecular weight excluding hydrogens is 439 g/mol. The number of H-pyrrole nitrogens is 1. The van der Waals surface area contributed by atoms with E-state index in [2.05, 4.69) is 4.98 Å². The molecule has 0 bridgehead atoms. The number of allylic oxidation sites excluding steroid dienone is 1. The number of rotatable bonds is 5. The van der Waals surface area contributed by atoms with Crippen LogP contribution in [0.1, 0.15) is 25.1 Å². The highest BCUT2D eigenvalue weighted by Crippen LogP contribution is 2.31. The van der Waals surface area contributed by atoms with E-state index in [1.807, 2.05) is 0 Å². The van der Waals surface area contributed by atoms with Crippen LogP contribution < -0.4 is 22.1 Å². The SMILES string of the molecule is C/C=C/c1cn(C2CC(Cl)C(COC(=O)CN)O2)c(=O)[nH]c1=O.O=C([O-])C(F)(F)F. The summed E-state index contributed by atoms with van der Waals surface area (Å²) in [7, 11) is 0. The standard InChI is InChI=1S/C14H18ClN3O5.C2HF3O2/c1-2-3-8-6-18(14(21)17-13(8)20)11-4-9(15)10(23-11)7-22-12(19)5-16;3-2(4,5)1(6)7/h2-3,6,9-11H,4-5,7,16H2,1H3,(H,17,20,21);(H,6,7)/p-1/b3-2+;. The molecule has 1 aliphatic rings. The summed E-state index contributed by atoms with van der Waals surface area (Å²) < 4.78 is 43.4. The number of alkyl halides is 4. The first-order chi connectivity index (χ1) is 13.9. The summed E-state index contributed by atoms with van der Waals surface area (Å²) in [5.41, 5.74) is 4.43. The van der Waals surface area contributed by atoms with Gasteiger partial charge in [-0.15, -0.1) is 11.6 Å². The third-order valence-corrected chi connectivity index (χ3v) is 4.08. The Labute approximate surface area is 172 Å². The zero-order chi connectivity index (χ0) is 23.1. The highest BCUT2D eigenvalue weighted by Gasteiger charge is 2.36. The van der Waals surface area contributed by atoms with Gasteiger partial charge in [0.1, 0.15) is 24.9 Å². The zero-order valence-corrected chi connectivity index (χ0v) is 16.2. The Kier molecular flexibility index (Phi) is 9.26. The summed E-state index contributed by atoms with van der Waals surface area (Å²) in [4.78, 5) is 45.8. The number of aromatic amines is 1. The second-order valence-electron chi connectivity index (χ2n) is 5.80. The number of halogens is 4. The van der Waals surface area contributed by atoms with E-state index in [9.17, 15) is 27.6 Å². The predicted octanol–water partition coefficient (Wildman–Crippen LogP) is -0.735. The third kappa shape index (κ3) is 7.31. The van der Waals surface area contributed by atoms with Gasteiger partial charge >= 0.3 is 17.8 Å².